The lowest BCUT2D eigenvalue weighted by Gasteiger charge is -2.39. The topological polar surface area (TPSA) is 29.5 Å². The van der Waals surface area contributed by atoms with E-state index in [1.54, 1.807) is 19.2 Å². The number of rotatable bonds is 14. The van der Waals surface area contributed by atoms with Crippen LogP contribution in [-0.4, -0.2) is 30.9 Å². The molecule has 5 rings (SSSR count). The fraction of sp³-hybridized carbons (Fsp3) is 0.359. The van der Waals surface area contributed by atoms with E-state index in [4.69, 9.17) is 4.74 Å². The van der Waals surface area contributed by atoms with Gasteiger partial charge in [0.05, 0.1) is 11.6 Å². The molecule has 4 aromatic carbocycles. The second-order valence-corrected chi connectivity index (χ2v) is 12.9. The molecule has 0 spiro atoms. The van der Waals surface area contributed by atoms with Gasteiger partial charge in [-0.25, -0.2) is 4.39 Å². The van der Waals surface area contributed by atoms with Gasteiger partial charge in [0.2, 0.25) is 0 Å². The molecule has 0 saturated heterocycles. The molecule has 1 aliphatic heterocycles. The molecule has 0 aliphatic carbocycles. The fourth-order valence-corrected chi connectivity index (χ4v) is 7.50. The minimum absolute atomic E-state index is 0.176. The second kappa shape index (κ2) is 15.1. The molecular formula is C39H43BrFNO2. The van der Waals surface area contributed by atoms with Crippen LogP contribution in [0.4, 0.5) is 4.39 Å². The number of aryl methyl sites for hydroxylation is 1. The Hall–Kier alpha value is -3.28. The van der Waals surface area contributed by atoms with Crippen LogP contribution in [0.2, 0.25) is 0 Å². The molecule has 44 heavy (non-hydrogen) atoms. The van der Waals surface area contributed by atoms with Gasteiger partial charge in [-0.3, -0.25) is 9.69 Å². The third-order valence-corrected chi connectivity index (χ3v) is 10.1. The Bertz CT molecular complexity index is 1470. The number of carbonyl (C=O) groups excluding carboxylic acids is 1. The van der Waals surface area contributed by atoms with Crippen molar-refractivity contribution in [2.75, 3.05) is 20.2 Å². The van der Waals surface area contributed by atoms with Gasteiger partial charge in [-0.05, 0) is 120 Å². The van der Waals surface area contributed by atoms with Crippen molar-refractivity contribution in [3.8, 4) is 5.75 Å². The van der Waals surface area contributed by atoms with Crippen molar-refractivity contribution >= 4 is 21.7 Å². The summed E-state index contributed by atoms with van der Waals surface area (Å²) in [5.74, 6) is 0.912. The summed E-state index contributed by atoms with van der Waals surface area (Å²) >= 11 is 3.66. The van der Waals surface area contributed by atoms with Crippen molar-refractivity contribution in [3.63, 3.8) is 0 Å². The molecule has 230 valence electrons. The normalized spacial score (nSPS) is 15.1. The number of Topliss-reactive ketones (excluding diaryl/α,β-unsaturated/α-hetero) is 1. The number of halogens is 2. The lowest BCUT2D eigenvalue weighted by atomic mass is 9.68. The Balaban J connectivity index is 1.30. The molecule has 5 heteroatoms. The minimum atomic E-state index is -0.244. The molecule has 3 nitrogen and oxygen atoms in total. The predicted molar refractivity (Wildman–Crippen MR) is 181 cm³/mol. The van der Waals surface area contributed by atoms with Gasteiger partial charge in [-0.2, -0.15) is 0 Å². The molecule has 1 unspecified atom stereocenters. The lowest BCUT2D eigenvalue weighted by molar-refractivity contribution is -0.119. The first-order valence-corrected chi connectivity index (χ1v) is 16.7. The molecule has 0 saturated carbocycles. The van der Waals surface area contributed by atoms with Crippen molar-refractivity contribution in [2.45, 2.75) is 69.7 Å². The van der Waals surface area contributed by atoms with Crippen molar-refractivity contribution < 1.29 is 13.9 Å². The maximum absolute atomic E-state index is 13.3. The van der Waals surface area contributed by atoms with Crippen LogP contribution in [-0.2, 0) is 23.1 Å². The summed E-state index contributed by atoms with van der Waals surface area (Å²) in [5.41, 5.74) is 6.21. The van der Waals surface area contributed by atoms with Gasteiger partial charge in [0.15, 0.2) is 0 Å². The van der Waals surface area contributed by atoms with E-state index in [2.05, 4.69) is 101 Å². The van der Waals surface area contributed by atoms with Crippen LogP contribution in [0.25, 0.3) is 0 Å². The summed E-state index contributed by atoms with van der Waals surface area (Å²) in [6.07, 6.45) is 6.53. The molecule has 1 heterocycles. The average Bonchev–Trinajstić information content (AvgIpc) is 3.05. The van der Waals surface area contributed by atoms with Crippen LogP contribution in [0.15, 0.2) is 102 Å². The third kappa shape index (κ3) is 7.68. The molecule has 0 fully saturated rings. The lowest BCUT2D eigenvalue weighted by Crippen LogP contribution is -2.36. The highest BCUT2D eigenvalue weighted by molar-refractivity contribution is 9.10. The Morgan fingerprint density at radius 3 is 2.18 bits per heavy atom. The predicted octanol–water partition coefficient (Wildman–Crippen LogP) is 9.65. The van der Waals surface area contributed by atoms with Gasteiger partial charge in [-0.1, -0.05) is 72.8 Å². The summed E-state index contributed by atoms with van der Waals surface area (Å²) in [4.78, 5) is 15.6. The Morgan fingerprint density at radius 2 is 1.55 bits per heavy atom. The monoisotopic (exact) mass is 655 g/mol. The van der Waals surface area contributed by atoms with Gasteiger partial charge < -0.3 is 4.74 Å². The maximum Gasteiger partial charge on any atom is 0.133 e. The first-order valence-electron chi connectivity index (χ1n) is 15.9. The smallest absolute Gasteiger partial charge is 0.133 e. The number of nitrogens with zero attached hydrogens (tertiary/aromatic N) is 1. The van der Waals surface area contributed by atoms with E-state index in [-0.39, 0.29) is 17.0 Å². The van der Waals surface area contributed by atoms with E-state index in [1.807, 2.05) is 0 Å². The van der Waals surface area contributed by atoms with Gasteiger partial charge in [0.1, 0.15) is 17.3 Å². The van der Waals surface area contributed by atoms with Crippen LogP contribution in [0.1, 0.15) is 79.3 Å². The van der Waals surface area contributed by atoms with Crippen LogP contribution >= 0.6 is 15.9 Å². The van der Waals surface area contributed by atoms with Crippen LogP contribution in [0.3, 0.4) is 0 Å². The molecule has 0 N–H and O–H groups in total. The highest BCUT2D eigenvalue weighted by atomic mass is 79.9. The number of methoxy groups -OCH3 is 1. The quantitative estimate of drug-likeness (QED) is 0.135. The summed E-state index contributed by atoms with van der Waals surface area (Å²) < 4.78 is 19.9. The molecule has 0 bridgehead atoms. The van der Waals surface area contributed by atoms with Crippen molar-refractivity contribution in [3.05, 3.63) is 135 Å². The molecule has 1 atom stereocenters. The van der Waals surface area contributed by atoms with Gasteiger partial charge in [0, 0.05) is 30.8 Å². The van der Waals surface area contributed by atoms with Crippen molar-refractivity contribution in [1.29, 1.82) is 0 Å². The first kappa shape index (κ1) is 32.1. The molecule has 0 aromatic heterocycles. The highest BCUT2D eigenvalue weighted by Gasteiger charge is 2.34. The Morgan fingerprint density at radius 1 is 0.909 bits per heavy atom. The molecule has 0 radical (unpaired) electrons. The van der Waals surface area contributed by atoms with Gasteiger partial charge >= 0.3 is 0 Å². The number of hydrogen-bond acceptors (Lipinski definition) is 3. The van der Waals surface area contributed by atoms with Gasteiger partial charge in [-0.15, -0.1) is 0 Å². The maximum atomic E-state index is 13.3. The van der Waals surface area contributed by atoms with Crippen LogP contribution < -0.4 is 4.74 Å². The van der Waals surface area contributed by atoms with E-state index in [0.29, 0.717) is 25.3 Å². The van der Waals surface area contributed by atoms with E-state index in [1.165, 1.54) is 34.4 Å². The summed E-state index contributed by atoms with van der Waals surface area (Å²) in [5, 5.41) is 0. The largest absolute Gasteiger partial charge is 0.496 e. The van der Waals surface area contributed by atoms with E-state index in [0.717, 1.165) is 61.0 Å². The zero-order valence-electron chi connectivity index (χ0n) is 25.9. The van der Waals surface area contributed by atoms with E-state index >= 15 is 0 Å². The SMILES string of the molecule is COc1cc2c(cc1Br)CCN(CCCC(CCCC(=O)CCc1ccc(F)cc1)(c1ccccc1)c1ccccc1)C2C. The zero-order chi connectivity index (χ0) is 30.9. The fourth-order valence-electron chi connectivity index (χ4n) is 6.95. The number of benzene rings is 4. The standard InChI is InChI=1S/C39H43BrFNO2/c1-29-36-28-38(44-2)37(40)27-31(36)22-26-42(29)25-10-24-39(32-11-5-3-6-12-32,33-13-7-4-8-14-33)23-9-15-35(43)21-18-30-16-19-34(41)20-17-30/h3-8,11-14,16-17,19-20,27-29H,9-10,15,18,21-26H2,1-2H3. The van der Waals surface area contributed by atoms with E-state index in [9.17, 15) is 9.18 Å². The van der Waals surface area contributed by atoms with Crippen LogP contribution in [0.5, 0.6) is 5.75 Å². The molecular weight excluding hydrogens is 613 g/mol. The average molecular weight is 657 g/mol. The first-order chi connectivity index (χ1) is 21.4. The van der Waals surface area contributed by atoms with Crippen molar-refractivity contribution in [2.24, 2.45) is 0 Å². The number of hydrogen-bond donors (Lipinski definition) is 0. The number of ether oxygens (including phenoxy) is 1. The number of ketones is 1. The summed E-state index contributed by atoms with van der Waals surface area (Å²) in [6, 6.07) is 32.9. The zero-order valence-corrected chi connectivity index (χ0v) is 27.5. The highest BCUT2D eigenvalue weighted by Crippen LogP contribution is 2.42. The third-order valence-electron chi connectivity index (χ3n) is 9.45. The van der Waals surface area contributed by atoms with E-state index < -0.39 is 0 Å². The number of carbonyl (C=O) groups is 1. The summed E-state index contributed by atoms with van der Waals surface area (Å²) in [7, 11) is 1.73. The van der Waals surface area contributed by atoms with Gasteiger partial charge in [0.25, 0.3) is 0 Å². The molecule has 1 aliphatic rings. The minimum Gasteiger partial charge on any atom is -0.496 e. The van der Waals surface area contributed by atoms with Crippen molar-refractivity contribution in [1.82, 2.24) is 4.90 Å². The Labute approximate surface area is 270 Å². The summed E-state index contributed by atoms with van der Waals surface area (Å²) in [6.45, 7) is 4.36. The number of fused-ring (bicyclic) bond motifs is 1. The Kier molecular flexibility index (Phi) is 11.1. The molecule has 0 amide bonds. The molecule has 4 aromatic rings. The second-order valence-electron chi connectivity index (χ2n) is 12.1. The van der Waals surface area contributed by atoms with Crippen LogP contribution in [0, 0.1) is 5.82 Å².